The molecule has 28 heteroatoms. The molecule has 6 aliphatic heterocycles. The van der Waals surface area contributed by atoms with Crippen molar-refractivity contribution in [3.63, 3.8) is 0 Å². The number of likely N-dealkylation sites (tertiary alicyclic amines) is 3. The van der Waals surface area contributed by atoms with Crippen LogP contribution in [0.3, 0.4) is 0 Å². The highest BCUT2D eigenvalue weighted by Gasteiger charge is 2.53. The third-order valence-electron chi connectivity index (χ3n) is 22.1. The Kier molecular flexibility index (Phi) is 20.6. The largest absolute Gasteiger partial charge is 0.493 e. The average Bonchev–Trinajstić information content (AvgIpc) is 1.52. The number of nitrogens with one attached hydrogen (secondary N) is 2. The highest BCUT2D eigenvalue weighted by atomic mass is 32.2. The van der Waals surface area contributed by atoms with Gasteiger partial charge >= 0.3 is 12.4 Å². The minimum atomic E-state index is -4.96. The number of amides is 3. The molecule has 2 N–H and O–H groups in total. The first kappa shape index (κ1) is 75.6. The fourth-order valence-corrected chi connectivity index (χ4v) is 17.4. The van der Waals surface area contributed by atoms with E-state index in [1.807, 2.05) is 54.7 Å². The molecule has 14 rings (SSSR count). The van der Waals surface area contributed by atoms with Crippen LogP contribution in [0.1, 0.15) is 190 Å². The highest BCUT2D eigenvalue weighted by molar-refractivity contribution is 7.89. The molecule has 3 aromatic heterocycles. The van der Waals surface area contributed by atoms with Crippen LogP contribution in [0.4, 0.5) is 30.7 Å². The van der Waals surface area contributed by atoms with Crippen LogP contribution in [-0.2, 0) is 52.5 Å². The molecule has 2 aliphatic carbocycles. The summed E-state index contributed by atoms with van der Waals surface area (Å²) in [5.41, 5.74) is 1.09. The zero-order chi connectivity index (χ0) is 75.0. The molecule has 9 heterocycles. The number of carbonyl (C=O) groups excluding carboxylic acids is 5. The van der Waals surface area contributed by atoms with Gasteiger partial charge < -0.3 is 42.6 Å². The Morgan fingerprint density at radius 1 is 0.567 bits per heavy atom. The van der Waals surface area contributed by atoms with Gasteiger partial charge in [0.15, 0.2) is 17.3 Å². The van der Waals surface area contributed by atoms with Crippen molar-refractivity contribution >= 4 is 39.3 Å². The predicted octanol–water partition coefficient (Wildman–Crippen LogP) is 12.5. The van der Waals surface area contributed by atoms with Crippen molar-refractivity contribution in [1.29, 1.82) is 0 Å². The van der Waals surface area contributed by atoms with Crippen LogP contribution < -0.4 is 24.2 Å². The Morgan fingerprint density at radius 2 is 1.09 bits per heavy atom. The van der Waals surface area contributed by atoms with E-state index in [0.717, 1.165) is 57.3 Å². The summed E-state index contributed by atoms with van der Waals surface area (Å²) in [6.45, 7) is 18.8. The molecule has 3 aromatic carbocycles. The fourth-order valence-electron chi connectivity index (χ4n) is 16.1. The number of methoxy groups -OCH3 is 1. The fraction of sp³-hybridized carbons (Fsp3) is 0.539. The van der Waals surface area contributed by atoms with Gasteiger partial charge in [0, 0.05) is 126 Å². The third-order valence-corrected chi connectivity index (χ3v) is 23.7. The molecular formula is C76H97F7N10O10S. The van der Waals surface area contributed by atoms with Gasteiger partial charge in [-0.1, -0.05) is 6.92 Å². The monoisotopic (exact) mass is 1470 g/mol. The van der Waals surface area contributed by atoms with Crippen LogP contribution in [-0.4, -0.2) is 179 Å². The SMILES string of the molecule is CC(C)Oc1ccc(C(=O)N2CCC3(CC2)c2ccc(C(=O)C4(C)CC4)n2CCN3C)c(F)c1.CC1(C)Cn2c(C(=O)C(F)(F)F)ccc2C2(CCN(C(=O)c3ccc(S(=O)(=O)NC4CC4)cc3)CC2)N1.COc1cc(C(=O)N2CCC3(CC2)c2ccc(C(F)(F)F)n2CCN3C)ccc1OC(C)C.[HH].[HH]. The Hall–Kier alpha value is -8.05. The molecule has 104 heavy (non-hydrogen) atoms. The number of ketones is 2. The van der Waals surface area contributed by atoms with Gasteiger partial charge in [-0.05, 0) is 211 Å². The normalized spacial score (nSPS) is 20.2. The van der Waals surface area contributed by atoms with Crippen molar-refractivity contribution in [2.75, 3.05) is 73.6 Å². The molecule has 5 fully saturated rings. The van der Waals surface area contributed by atoms with Gasteiger partial charge in [-0.15, -0.1) is 0 Å². The summed E-state index contributed by atoms with van der Waals surface area (Å²) in [7, 11) is 2.00. The summed E-state index contributed by atoms with van der Waals surface area (Å²) in [6.07, 6.45) is -2.31. The second-order valence-corrected chi connectivity index (χ2v) is 32.3. The maximum absolute atomic E-state index is 14.7. The minimum absolute atomic E-state index is 0. The van der Waals surface area contributed by atoms with Crippen LogP contribution in [0.15, 0.2) is 102 Å². The predicted molar refractivity (Wildman–Crippen MR) is 378 cm³/mol. The molecule has 0 radical (unpaired) electrons. The maximum atomic E-state index is 14.7. The molecule has 0 atom stereocenters. The molecule has 3 spiro atoms. The zero-order valence-corrected chi connectivity index (χ0v) is 61.3. The number of ether oxygens (including phenoxy) is 3. The summed E-state index contributed by atoms with van der Waals surface area (Å²) in [4.78, 5) is 74.5. The van der Waals surface area contributed by atoms with E-state index in [4.69, 9.17) is 14.2 Å². The number of hydrogen-bond acceptors (Lipinski definition) is 13. The first-order valence-electron chi connectivity index (χ1n) is 35.8. The van der Waals surface area contributed by atoms with Gasteiger partial charge in [0.25, 0.3) is 23.5 Å². The summed E-state index contributed by atoms with van der Waals surface area (Å²) < 4.78 is 144. The molecule has 0 bridgehead atoms. The lowest BCUT2D eigenvalue weighted by Crippen LogP contribution is -2.63. The number of fused-ring (bicyclic) bond motifs is 6. The summed E-state index contributed by atoms with van der Waals surface area (Å²) in [5.74, 6) is -1.31. The van der Waals surface area contributed by atoms with Gasteiger partial charge in [0.1, 0.15) is 17.3 Å². The summed E-state index contributed by atoms with van der Waals surface area (Å²) in [6, 6.07) is 25.1. The lowest BCUT2D eigenvalue weighted by atomic mass is 9.79. The average molecular weight is 1480 g/mol. The van der Waals surface area contributed by atoms with Crippen LogP contribution in [0.5, 0.6) is 17.2 Å². The number of likely N-dealkylation sites (N-methyl/N-ethyl adjacent to an activating group) is 2. The van der Waals surface area contributed by atoms with Crippen molar-refractivity contribution in [1.82, 2.24) is 48.2 Å². The van der Waals surface area contributed by atoms with Crippen LogP contribution in [0.25, 0.3) is 0 Å². The number of halogens is 7. The van der Waals surface area contributed by atoms with Crippen molar-refractivity contribution in [2.24, 2.45) is 5.41 Å². The van der Waals surface area contributed by atoms with Gasteiger partial charge in [-0.2, -0.15) is 26.3 Å². The number of hydrogen-bond donors (Lipinski definition) is 2. The van der Waals surface area contributed by atoms with E-state index in [-0.39, 0.29) is 78.3 Å². The topological polar surface area (TPSA) is 202 Å². The standard InChI is InChI=1S/C27H34FN3O3.C25H29F3N4O4S.C24H30F3N3O3.2H2/c1-18(2)34-19-5-6-20(21(28)17-19)25(33)30-13-11-27(12-14-30)23-8-7-22(24(32)26(3)9-10-26)31(23)16-15-29(27)4;1-23(2)15-32-19(21(33)25(26,27)28)9-10-20(32)24(30-23)11-13-31(14-12-24)22(34)16-3-7-18(8-4-16)37(35,36)29-17-5-6-17;1-16(2)33-18-6-5-17(15-19(18)32-4)22(31)29-11-9-23(10-12-29)20-7-8-21(24(25,26)27)30(20)14-13-28(23)3;;/h5-8,17-18H,9-16H2,1-4H3;3-4,7-10,17,29-30H,5-6,11-15H2,1-2H3;5-8,15-16H,9-14H2,1-4H3;2*1H. The van der Waals surface area contributed by atoms with Crippen LogP contribution in [0, 0.1) is 11.2 Å². The van der Waals surface area contributed by atoms with Gasteiger partial charge in [0.2, 0.25) is 10.0 Å². The maximum Gasteiger partial charge on any atom is 0.456 e. The van der Waals surface area contributed by atoms with Gasteiger partial charge in [-0.25, -0.2) is 17.5 Å². The molecule has 6 aromatic rings. The third kappa shape index (κ3) is 15.0. The molecule has 566 valence electrons. The van der Waals surface area contributed by atoms with Gasteiger partial charge in [0.05, 0.1) is 57.8 Å². The Morgan fingerprint density at radius 3 is 1.62 bits per heavy atom. The molecule has 2 saturated carbocycles. The first-order chi connectivity index (χ1) is 48.9. The second kappa shape index (κ2) is 28.3. The summed E-state index contributed by atoms with van der Waals surface area (Å²) >= 11 is 0. The quantitative estimate of drug-likeness (QED) is 0.0771. The van der Waals surface area contributed by atoms with Crippen molar-refractivity contribution in [2.45, 2.75) is 190 Å². The lowest BCUT2D eigenvalue weighted by Gasteiger charge is -2.51. The Bertz CT molecular complexity index is 4370. The minimum Gasteiger partial charge on any atom is -0.493 e. The Balaban J connectivity index is 0.000000169. The number of carbonyl (C=O) groups is 5. The number of nitrogens with zero attached hydrogens (tertiary/aromatic N) is 8. The number of alkyl halides is 6. The van der Waals surface area contributed by atoms with Crippen LogP contribution >= 0.6 is 0 Å². The number of aromatic nitrogens is 3. The number of sulfonamides is 1. The zero-order valence-electron chi connectivity index (χ0n) is 60.5. The van der Waals surface area contributed by atoms with E-state index in [1.165, 1.54) is 70.5 Å². The van der Waals surface area contributed by atoms with Crippen molar-refractivity contribution < 1.29 is 80.2 Å². The van der Waals surface area contributed by atoms with E-state index < -0.39 is 56.3 Å². The molecular weight excluding hydrogens is 1380 g/mol. The van der Waals surface area contributed by atoms with E-state index in [2.05, 4.69) is 44.4 Å². The van der Waals surface area contributed by atoms with E-state index >= 15 is 0 Å². The van der Waals surface area contributed by atoms with E-state index in [0.29, 0.717) is 118 Å². The lowest BCUT2D eigenvalue weighted by molar-refractivity contribution is -0.144. The molecule has 20 nitrogen and oxygen atoms in total. The summed E-state index contributed by atoms with van der Waals surface area (Å²) in [5, 5.41) is 3.57. The van der Waals surface area contributed by atoms with E-state index in [9.17, 15) is 63.1 Å². The Labute approximate surface area is 605 Å². The van der Waals surface area contributed by atoms with Crippen LogP contribution in [0.2, 0.25) is 0 Å². The van der Waals surface area contributed by atoms with E-state index in [1.54, 1.807) is 51.1 Å². The molecule has 0 unspecified atom stereocenters. The number of Topliss-reactive ketones (excluding diaryl/α,β-unsaturated/α-hetero) is 2. The number of piperidine rings is 3. The first-order valence-corrected chi connectivity index (χ1v) is 37.3. The molecule has 8 aliphatic rings. The number of rotatable bonds is 14. The number of benzene rings is 3. The molecule has 3 saturated heterocycles. The smallest absolute Gasteiger partial charge is 0.456 e. The second-order valence-electron chi connectivity index (χ2n) is 30.5. The molecule has 3 amide bonds. The van der Waals surface area contributed by atoms with Crippen molar-refractivity contribution in [3.8, 4) is 17.2 Å². The van der Waals surface area contributed by atoms with Gasteiger partial charge in [-0.3, -0.25) is 39.1 Å². The highest BCUT2D eigenvalue weighted by Crippen LogP contribution is 2.50. The van der Waals surface area contributed by atoms with Crippen molar-refractivity contribution in [3.05, 3.63) is 154 Å².